The Kier molecular flexibility index (Phi) is 4.09. The van der Waals surface area contributed by atoms with Crippen LogP contribution in [0.15, 0.2) is 42.5 Å². The molecule has 2 heterocycles. The predicted octanol–water partition coefficient (Wildman–Crippen LogP) is 3.36. The molecule has 1 aliphatic rings. The second-order valence-corrected chi connectivity index (χ2v) is 6.72. The van der Waals surface area contributed by atoms with Gasteiger partial charge in [0.1, 0.15) is 5.82 Å². The van der Waals surface area contributed by atoms with Crippen molar-refractivity contribution in [2.45, 2.75) is 26.8 Å². The molecule has 0 fully saturated rings. The van der Waals surface area contributed by atoms with Crippen LogP contribution in [-0.4, -0.2) is 22.4 Å². The van der Waals surface area contributed by atoms with Crippen molar-refractivity contribution in [3.8, 4) is 11.3 Å². The van der Waals surface area contributed by atoms with E-state index < -0.39 is 0 Å². The number of carbonyl (C=O) groups is 1. The van der Waals surface area contributed by atoms with E-state index in [1.807, 2.05) is 61.2 Å². The lowest BCUT2D eigenvalue weighted by Crippen LogP contribution is -2.32. The third kappa shape index (κ3) is 2.70. The molecule has 1 aromatic heterocycles. The molecule has 1 aliphatic heterocycles. The highest BCUT2D eigenvalue weighted by atomic mass is 16.2. The summed E-state index contributed by atoms with van der Waals surface area (Å²) < 4.78 is 0. The standard InChI is InChI=1S/C21H22N4O/c1-13-11-15(7-8-16(13)12-22)21(26)25-10-9-18-20(24-14(2)23-18)17-5-3-4-6-19(17)25/h3-8,11H,9-10,12,22H2,1-2H3,(H,23,24). The van der Waals surface area contributed by atoms with Crippen molar-refractivity contribution >= 4 is 11.6 Å². The number of para-hydroxylation sites is 1. The average Bonchev–Trinajstić information content (AvgIpc) is 2.95. The molecule has 0 saturated heterocycles. The Labute approximate surface area is 152 Å². The summed E-state index contributed by atoms with van der Waals surface area (Å²) in [5.41, 5.74) is 12.5. The largest absolute Gasteiger partial charge is 0.346 e. The van der Waals surface area contributed by atoms with E-state index in [4.69, 9.17) is 5.73 Å². The molecule has 0 radical (unpaired) electrons. The topological polar surface area (TPSA) is 75.0 Å². The Bertz CT molecular complexity index is 989. The van der Waals surface area contributed by atoms with Gasteiger partial charge >= 0.3 is 0 Å². The van der Waals surface area contributed by atoms with Gasteiger partial charge in [-0.2, -0.15) is 0 Å². The molecule has 2 aromatic carbocycles. The maximum absolute atomic E-state index is 13.3. The van der Waals surface area contributed by atoms with Crippen LogP contribution in [0.25, 0.3) is 11.3 Å². The van der Waals surface area contributed by atoms with Crippen LogP contribution in [0, 0.1) is 13.8 Å². The highest BCUT2D eigenvalue weighted by molar-refractivity contribution is 6.08. The quantitative estimate of drug-likeness (QED) is 0.747. The Morgan fingerprint density at radius 3 is 2.81 bits per heavy atom. The van der Waals surface area contributed by atoms with Crippen LogP contribution in [-0.2, 0) is 13.0 Å². The van der Waals surface area contributed by atoms with Gasteiger partial charge in [0.05, 0.1) is 11.4 Å². The number of carbonyl (C=O) groups excluding carboxylic acids is 1. The lowest BCUT2D eigenvalue weighted by atomic mass is 10.0. The second-order valence-electron chi connectivity index (χ2n) is 6.72. The molecule has 0 atom stereocenters. The Hall–Kier alpha value is -2.92. The minimum Gasteiger partial charge on any atom is -0.346 e. The molecular weight excluding hydrogens is 324 g/mol. The Morgan fingerprint density at radius 1 is 1.23 bits per heavy atom. The zero-order valence-corrected chi connectivity index (χ0v) is 15.0. The fourth-order valence-electron chi connectivity index (χ4n) is 3.62. The molecule has 132 valence electrons. The molecule has 5 heteroatoms. The molecular formula is C21H22N4O. The maximum atomic E-state index is 13.3. The van der Waals surface area contributed by atoms with Crippen LogP contribution >= 0.6 is 0 Å². The van der Waals surface area contributed by atoms with Crippen molar-refractivity contribution in [1.82, 2.24) is 9.97 Å². The van der Waals surface area contributed by atoms with E-state index in [1.165, 1.54) is 0 Å². The molecule has 3 aromatic rings. The van der Waals surface area contributed by atoms with Gasteiger partial charge in [0, 0.05) is 36.3 Å². The first-order valence-corrected chi connectivity index (χ1v) is 8.85. The van der Waals surface area contributed by atoms with Gasteiger partial charge in [0.15, 0.2) is 0 Å². The van der Waals surface area contributed by atoms with E-state index in [9.17, 15) is 4.79 Å². The number of hydrogen-bond donors (Lipinski definition) is 2. The molecule has 3 N–H and O–H groups in total. The number of fused-ring (bicyclic) bond motifs is 3. The van der Waals surface area contributed by atoms with Gasteiger partial charge in [-0.15, -0.1) is 0 Å². The number of benzene rings is 2. The lowest BCUT2D eigenvalue weighted by Gasteiger charge is -2.23. The second kappa shape index (κ2) is 6.42. The first kappa shape index (κ1) is 16.5. The van der Waals surface area contributed by atoms with Crippen LogP contribution < -0.4 is 10.6 Å². The Balaban J connectivity index is 1.78. The van der Waals surface area contributed by atoms with E-state index in [0.717, 1.165) is 46.0 Å². The van der Waals surface area contributed by atoms with E-state index in [-0.39, 0.29) is 5.91 Å². The Morgan fingerprint density at radius 2 is 2.04 bits per heavy atom. The maximum Gasteiger partial charge on any atom is 0.258 e. The number of aryl methyl sites for hydroxylation is 2. The number of H-pyrrole nitrogens is 1. The number of nitrogens with two attached hydrogens (primary N) is 1. The van der Waals surface area contributed by atoms with Crippen LogP contribution in [0.1, 0.15) is 33.0 Å². The molecule has 0 bridgehead atoms. The summed E-state index contributed by atoms with van der Waals surface area (Å²) >= 11 is 0. The monoisotopic (exact) mass is 346 g/mol. The summed E-state index contributed by atoms with van der Waals surface area (Å²) in [7, 11) is 0. The van der Waals surface area contributed by atoms with Crippen molar-refractivity contribution in [1.29, 1.82) is 0 Å². The van der Waals surface area contributed by atoms with Gasteiger partial charge < -0.3 is 15.6 Å². The number of amides is 1. The molecule has 0 unspecified atom stereocenters. The van der Waals surface area contributed by atoms with E-state index in [0.29, 0.717) is 18.7 Å². The number of hydrogen-bond acceptors (Lipinski definition) is 3. The summed E-state index contributed by atoms with van der Waals surface area (Å²) in [5.74, 6) is 0.906. The van der Waals surface area contributed by atoms with Crippen molar-refractivity contribution in [3.05, 3.63) is 70.7 Å². The number of imidazole rings is 1. The number of aromatic nitrogens is 2. The summed E-state index contributed by atoms with van der Waals surface area (Å²) in [6, 6.07) is 13.7. The van der Waals surface area contributed by atoms with Crippen molar-refractivity contribution in [3.63, 3.8) is 0 Å². The number of nitrogens with one attached hydrogen (secondary N) is 1. The zero-order chi connectivity index (χ0) is 18.3. The fourth-order valence-corrected chi connectivity index (χ4v) is 3.62. The fraction of sp³-hybridized carbons (Fsp3) is 0.238. The number of aromatic amines is 1. The van der Waals surface area contributed by atoms with E-state index >= 15 is 0 Å². The number of rotatable bonds is 2. The van der Waals surface area contributed by atoms with Gasteiger partial charge in [-0.25, -0.2) is 4.98 Å². The highest BCUT2D eigenvalue weighted by Crippen LogP contribution is 2.35. The number of nitrogens with zero attached hydrogens (tertiary/aromatic N) is 2. The molecule has 0 saturated carbocycles. The molecule has 26 heavy (non-hydrogen) atoms. The third-order valence-electron chi connectivity index (χ3n) is 4.99. The van der Waals surface area contributed by atoms with Gasteiger partial charge in [-0.1, -0.05) is 24.3 Å². The van der Waals surface area contributed by atoms with Gasteiger partial charge in [0.2, 0.25) is 0 Å². The zero-order valence-electron chi connectivity index (χ0n) is 15.0. The van der Waals surface area contributed by atoms with Crippen LogP contribution in [0.3, 0.4) is 0 Å². The van der Waals surface area contributed by atoms with E-state index in [2.05, 4.69) is 9.97 Å². The summed E-state index contributed by atoms with van der Waals surface area (Å²) in [5, 5.41) is 0. The summed E-state index contributed by atoms with van der Waals surface area (Å²) in [6.07, 6.45) is 0.746. The molecule has 0 spiro atoms. The molecule has 0 aliphatic carbocycles. The highest BCUT2D eigenvalue weighted by Gasteiger charge is 2.26. The van der Waals surface area contributed by atoms with Crippen molar-refractivity contribution < 1.29 is 4.79 Å². The van der Waals surface area contributed by atoms with Crippen molar-refractivity contribution in [2.75, 3.05) is 11.4 Å². The number of anilines is 1. The first-order valence-electron chi connectivity index (χ1n) is 8.85. The molecule has 1 amide bonds. The normalized spacial score (nSPS) is 13.1. The molecule has 4 rings (SSSR count). The third-order valence-corrected chi connectivity index (χ3v) is 4.99. The lowest BCUT2D eigenvalue weighted by molar-refractivity contribution is 0.0987. The van der Waals surface area contributed by atoms with Crippen molar-refractivity contribution in [2.24, 2.45) is 5.73 Å². The van der Waals surface area contributed by atoms with Crippen LogP contribution in [0.4, 0.5) is 5.69 Å². The minimum absolute atomic E-state index is 0.00555. The van der Waals surface area contributed by atoms with Crippen LogP contribution in [0.5, 0.6) is 0 Å². The first-order chi connectivity index (χ1) is 12.6. The summed E-state index contributed by atoms with van der Waals surface area (Å²) in [4.78, 5) is 23.1. The smallest absolute Gasteiger partial charge is 0.258 e. The SMILES string of the molecule is Cc1nc2c([nH]1)CCN(C(=O)c1ccc(CN)c(C)c1)c1ccccc1-2. The average molecular weight is 346 g/mol. The van der Waals surface area contributed by atoms with E-state index in [1.54, 1.807) is 0 Å². The molecule has 5 nitrogen and oxygen atoms in total. The van der Waals surface area contributed by atoms with Crippen LogP contribution in [0.2, 0.25) is 0 Å². The van der Waals surface area contributed by atoms with Gasteiger partial charge in [-0.05, 0) is 43.2 Å². The predicted molar refractivity (Wildman–Crippen MR) is 103 cm³/mol. The van der Waals surface area contributed by atoms with Gasteiger partial charge in [0.25, 0.3) is 5.91 Å². The van der Waals surface area contributed by atoms with Gasteiger partial charge in [-0.3, -0.25) is 4.79 Å². The summed E-state index contributed by atoms with van der Waals surface area (Å²) in [6.45, 7) is 5.05. The minimum atomic E-state index is 0.00555.